The van der Waals surface area contributed by atoms with E-state index in [4.69, 9.17) is 4.74 Å². The van der Waals surface area contributed by atoms with Crippen molar-refractivity contribution in [1.82, 2.24) is 5.32 Å². The predicted molar refractivity (Wildman–Crippen MR) is 42.2 cm³/mol. The third-order valence-electron chi connectivity index (χ3n) is 1.54. The summed E-state index contributed by atoms with van der Waals surface area (Å²) in [5.74, 6) is -0.177. The molecule has 0 amide bonds. The van der Waals surface area contributed by atoms with Crippen molar-refractivity contribution in [2.45, 2.75) is 19.4 Å². The molecule has 0 saturated carbocycles. The Labute approximate surface area is 66.4 Å². The molecule has 1 heterocycles. The van der Waals surface area contributed by atoms with Crippen molar-refractivity contribution in [1.29, 1.82) is 0 Å². The van der Waals surface area contributed by atoms with Gasteiger partial charge >= 0.3 is 5.97 Å². The van der Waals surface area contributed by atoms with Crippen molar-refractivity contribution >= 4 is 5.97 Å². The first-order valence-corrected chi connectivity index (χ1v) is 3.91. The van der Waals surface area contributed by atoms with Crippen LogP contribution in [0.3, 0.4) is 0 Å². The van der Waals surface area contributed by atoms with Gasteiger partial charge in [-0.2, -0.15) is 0 Å². The van der Waals surface area contributed by atoms with E-state index in [1.807, 2.05) is 19.1 Å². The second-order valence-corrected chi connectivity index (χ2v) is 2.40. The Hall–Kier alpha value is -0.830. The molecule has 0 radical (unpaired) electrons. The van der Waals surface area contributed by atoms with Crippen molar-refractivity contribution in [3.8, 4) is 0 Å². The Balaban J connectivity index is 2.39. The molecule has 11 heavy (non-hydrogen) atoms. The van der Waals surface area contributed by atoms with Crippen LogP contribution in [0.1, 0.15) is 13.3 Å². The van der Waals surface area contributed by atoms with Gasteiger partial charge in [0, 0.05) is 0 Å². The SMILES string of the molecule is CCOC(=O)C1C=CCCN1. The van der Waals surface area contributed by atoms with E-state index in [0.717, 1.165) is 13.0 Å². The van der Waals surface area contributed by atoms with Crippen molar-refractivity contribution in [3.63, 3.8) is 0 Å². The molecule has 0 aromatic rings. The van der Waals surface area contributed by atoms with Crippen LogP contribution in [0.4, 0.5) is 0 Å². The Kier molecular flexibility index (Phi) is 3.11. The van der Waals surface area contributed by atoms with E-state index in [1.54, 1.807) is 0 Å². The third kappa shape index (κ3) is 2.35. The number of nitrogens with one attached hydrogen (secondary N) is 1. The monoisotopic (exact) mass is 155 g/mol. The molecule has 0 saturated heterocycles. The molecule has 1 unspecified atom stereocenters. The summed E-state index contributed by atoms with van der Waals surface area (Å²) in [6, 6.07) is -0.219. The van der Waals surface area contributed by atoms with Gasteiger partial charge in [0.15, 0.2) is 0 Å². The Morgan fingerprint density at radius 3 is 3.18 bits per heavy atom. The number of ether oxygens (including phenoxy) is 1. The first kappa shape index (κ1) is 8.27. The molecule has 0 spiro atoms. The molecule has 1 aliphatic rings. The number of carbonyl (C=O) groups is 1. The molecule has 0 bridgehead atoms. The minimum atomic E-state index is -0.219. The summed E-state index contributed by atoms with van der Waals surface area (Å²) in [6.45, 7) is 3.12. The molecule has 0 aliphatic carbocycles. The van der Waals surface area contributed by atoms with Crippen LogP contribution >= 0.6 is 0 Å². The lowest BCUT2D eigenvalue weighted by atomic mass is 10.2. The van der Waals surface area contributed by atoms with Gasteiger partial charge in [-0.05, 0) is 19.9 Å². The fourth-order valence-electron chi connectivity index (χ4n) is 1.02. The van der Waals surface area contributed by atoms with Crippen molar-refractivity contribution < 1.29 is 9.53 Å². The molecule has 1 atom stereocenters. The summed E-state index contributed by atoms with van der Waals surface area (Å²) in [7, 11) is 0. The van der Waals surface area contributed by atoms with Crippen LogP contribution in [0.5, 0.6) is 0 Å². The minimum Gasteiger partial charge on any atom is -0.465 e. The van der Waals surface area contributed by atoms with Gasteiger partial charge in [0.05, 0.1) is 6.61 Å². The van der Waals surface area contributed by atoms with Crippen molar-refractivity contribution in [2.24, 2.45) is 0 Å². The Bertz CT molecular complexity index is 165. The molecule has 0 fully saturated rings. The van der Waals surface area contributed by atoms with Gasteiger partial charge in [-0.25, -0.2) is 0 Å². The molecular weight excluding hydrogens is 142 g/mol. The van der Waals surface area contributed by atoms with E-state index in [-0.39, 0.29) is 12.0 Å². The van der Waals surface area contributed by atoms with Gasteiger partial charge < -0.3 is 10.1 Å². The van der Waals surface area contributed by atoms with E-state index in [2.05, 4.69) is 5.32 Å². The maximum Gasteiger partial charge on any atom is 0.327 e. The molecule has 0 aromatic carbocycles. The molecule has 1 N–H and O–H groups in total. The van der Waals surface area contributed by atoms with E-state index in [0.29, 0.717) is 6.61 Å². The van der Waals surface area contributed by atoms with Gasteiger partial charge in [0.25, 0.3) is 0 Å². The molecule has 3 heteroatoms. The second-order valence-electron chi connectivity index (χ2n) is 2.40. The summed E-state index contributed by atoms with van der Waals surface area (Å²) in [5, 5.41) is 3.04. The maximum absolute atomic E-state index is 11.1. The normalized spacial score (nSPS) is 23.2. The van der Waals surface area contributed by atoms with Gasteiger partial charge in [0.2, 0.25) is 0 Å². The topological polar surface area (TPSA) is 38.3 Å². The van der Waals surface area contributed by atoms with Crippen LogP contribution in [-0.4, -0.2) is 25.2 Å². The zero-order chi connectivity index (χ0) is 8.10. The summed E-state index contributed by atoms with van der Waals surface area (Å²) < 4.78 is 4.83. The maximum atomic E-state index is 11.1. The predicted octanol–water partition coefficient (Wildman–Crippen LogP) is 0.468. The zero-order valence-corrected chi connectivity index (χ0v) is 6.67. The number of hydrogen-bond acceptors (Lipinski definition) is 3. The van der Waals surface area contributed by atoms with Crippen molar-refractivity contribution in [2.75, 3.05) is 13.2 Å². The molecule has 62 valence electrons. The summed E-state index contributed by atoms with van der Waals surface area (Å²) in [5.41, 5.74) is 0. The smallest absolute Gasteiger partial charge is 0.327 e. The molecule has 3 nitrogen and oxygen atoms in total. The van der Waals surface area contributed by atoms with E-state index in [1.165, 1.54) is 0 Å². The molecule has 0 aromatic heterocycles. The average Bonchev–Trinajstić information content (AvgIpc) is 2.07. The fourth-order valence-corrected chi connectivity index (χ4v) is 1.02. The Morgan fingerprint density at radius 2 is 2.64 bits per heavy atom. The lowest BCUT2D eigenvalue weighted by molar-refractivity contribution is -0.144. The van der Waals surface area contributed by atoms with Gasteiger partial charge in [-0.1, -0.05) is 12.2 Å². The largest absolute Gasteiger partial charge is 0.465 e. The van der Waals surface area contributed by atoms with Crippen LogP contribution in [0.2, 0.25) is 0 Å². The van der Waals surface area contributed by atoms with Crippen LogP contribution in [0, 0.1) is 0 Å². The highest BCUT2D eigenvalue weighted by atomic mass is 16.5. The molecule has 1 aliphatic heterocycles. The van der Waals surface area contributed by atoms with E-state index in [9.17, 15) is 4.79 Å². The summed E-state index contributed by atoms with van der Waals surface area (Å²) in [6.07, 6.45) is 4.84. The summed E-state index contributed by atoms with van der Waals surface area (Å²) in [4.78, 5) is 11.1. The quantitative estimate of drug-likeness (QED) is 0.465. The molecular formula is C8H13NO2. The minimum absolute atomic E-state index is 0.177. The second kappa shape index (κ2) is 4.13. The van der Waals surface area contributed by atoms with E-state index >= 15 is 0 Å². The zero-order valence-electron chi connectivity index (χ0n) is 6.67. The standard InChI is InChI=1S/C8H13NO2/c1-2-11-8(10)7-5-3-4-6-9-7/h3,5,7,9H,2,4,6H2,1H3. The highest BCUT2D eigenvalue weighted by molar-refractivity contribution is 5.78. The number of carbonyl (C=O) groups excluding carboxylic acids is 1. The van der Waals surface area contributed by atoms with Gasteiger partial charge in [-0.3, -0.25) is 4.79 Å². The highest BCUT2D eigenvalue weighted by Crippen LogP contribution is 1.98. The lowest BCUT2D eigenvalue weighted by Crippen LogP contribution is -2.38. The lowest BCUT2D eigenvalue weighted by Gasteiger charge is -2.16. The van der Waals surface area contributed by atoms with Crippen molar-refractivity contribution in [3.05, 3.63) is 12.2 Å². The van der Waals surface area contributed by atoms with Gasteiger partial charge in [-0.15, -0.1) is 0 Å². The van der Waals surface area contributed by atoms with Crippen LogP contribution < -0.4 is 5.32 Å². The fraction of sp³-hybridized carbons (Fsp3) is 0.625. The Morgan fingerprint density at radius 1 is 1.82 bits per heavy atom. The number of esters is 1. The van der Waals surface area contributed by atoms with Crippen LogP contribution in [0.15, 0.2) is 12.2 Å². The number of rotatable bonds is 2. The first-order chi connectivity index (χ1) is 5.34. The van der Waals surface area contributed by atoms with Crippen LogP contribution in [0.25, 0.3) is 0 Å². The highest BCUT2D eigenvalue weighted by Gasteiger charge is 2.16. The first-order valence-electron chi connectivity index (χ1n) is 3.91. The van der Waals surface area contributed by atoms with Gasteiger partial charge in [0.1, 0.15) is 6.04 Å². The van der Waals surface area contributed by atoms with Crippen LogP contribution in [-0.2, 0) is 9.53 Å². The average molecular weight is 155 g/mol. The molecule has 1 rings (SSSR count). The summed E-state index contributed by atoms with van der Waals surface area (Å²) >= 11 is 0. The number of hydrogen-bond donors (Lipinski definition) is 1. The third-order valence-corrected chi connectivity index (χ3v) is 1.54. The van der Waals surface area contributed by atoms with E-state index < -0.39 is 0 Å².